The molecular formula is C14H27N. The summed E-state index contributed by atoms with van der Waals surface area (Å²) in [6, 6.07) is 0.506. The fourth-order valence-electron chi connectivity index (χ4n) is 3.16. The first kappa shape index (κ1) is 11.4. The molecule has 0 heterocycles. The van der Waals surface area contributed by atoms with Crippen LogP contribution in [0.15, 0.2) is 0 Å². The topological polar surface area (TPSA) is 26.0 Å². The molecule has 15 heavy (non-hydrogen) atoms. The Bertz CT molecular complexity index is 195. The molecular weight excluding hydrogens is 182 g/mol. The van der Waals surface area contributed by atoms with Crippen LogP contribution in [0.4, 0.5) is 0 Å². The van der Waals surface area contributed by atoms with Gasteiger partial charge in [0.05, 0.1) is 0 Å². The average molecular weight is 209 g/mol. The Morgan fingerprint density at radius 2 is 1.73 bits per heavy atom. The van der Waals surface area contributed by atoms with E-state index in [0.717, 1.165) is 11.8 Å². The molecule has 2 fully saturated rings. The van der Waals surface area contributed by atoms with Gasteiger partial charge in [-0.1, -0.05) is 33.1 Å². The molecule has 0 aromatic rings. The van der Waals surface area contributed by atoms with Gasteiger partial charge >= 0.3 is 0 Å². The molecule has 88 valence electrons. The minimum atomic E-state index is 0.506. The largest absolute Gasteiger partial charge is 0.327 e. The molecule has 0 saturated heterocycles. The highest BCUT2D eigenvalue weighted by Gasteiger charge is 2.31. The normalized spacial score (nSPS) is 29.8. The van der Waals surface area contributed by atoms with Crippen molar-refractivity contribution in [1.29, 1.82) is 0 Å². The Kier molecular flexibility index (Phi) is 3.39. The Balaban J connectivity index is 1.74. The highest BCUT2D eigenvalue weighted by molar-refractivity contribution is 4.86. The highest BCUT2D eigenvalue weighted by atomic mass is 14.7. The molecule has 2 rings (SSSR count). The summed E-state index contributed by atoms with van der Waals surface area (Å²) in [5.74, 6) is 1.81. The quantitative estimate of drug-likeness (QED) is 0.753. The van der Waals surface area contributed by atoms with Gasteiger partial charge in [-0.2, -0.15) is 0 Å². The lowest BCUT2D eigenvalue weighted by molar-refractivity contribution is 0.153. The van der Waals surface area contributed by atoms with E-state index < -0.39 is 0 Å². The van der Waals surface area contributed by atoms with Crippen molar-refractivity contribution in [3.05, 3.63) is 0 Å². The molecule has 0 aromatic heterocycles. The van der Waals surface area contributed by atoms with Gasteiger partial charge in [-0.15, -0.1) is 0 Å². The summed E-state index contributed by atoms with van der Waals surface area (Å²) in [7, 11) is 0. The van der Waals surface area contributed by atoms with Gasteiger partial charge in [-0.25, -0.2) is 0 Å². The molecule has 0 radical (unpaired) electrons. The van der Waals surface area contributed by atoms with E-state index in [1.54, 1.807) is 0 Å². The first-order chi connectivity index (χ1) is 7.07. The van der Waals surface area contributed by atoms with E-state index >= 15 is 0 Å². The zero-order valence-electron chi connectivity index (χ0n) is 10.5. The smallest absolute Gasteiger partial charge is 0.00698 e. The molecule has 1 unspecified atom stereocenters. The van der Waals surface area contributed by atoms with Crippen LogP contribution in [0.1, 0.15) is 65.2 Å². The van der Waals surface area contributed by atoms with Gasteiger partial charge in [-0.05, 0) is 49.4 Å². The lowest BCUT2D eigenvalue weighted by atomic mass is 9.69. The Morgan fingerprint density at radius 3 is 2.20 bits per heavy atom. The molecule has 0 amide bonds. The third kappa shape index (κ3) is 2.96. The summed E-state index contributed by atoms with van der Waals surface area (Å²) < 4.78 is 0. The Labute approximate surface area is 94.8 Å². The second-order valence-electron chi connectivity index (χ2n) is 6.70. The van der Waals surface area contributed by atoms with Crippen molar-refractivity contribution in [3.63, 3.8) is 0 Å². The average Bonchev–Trinajstić information content (AvgIpc) is 2.11. The maximum atomic E-state index is 6.35. The predicted molar refractivity (Wildman–Crippen MR) is 65.7 cm³/mol. The third-order valence-electron chi connectivity index (χ3n) is 4.82. The zero-order valence-corrected chi connectivity index (χ0v) is 10.5. The van der Waals surface area contributed by atoms with Crippen molar-refractivity contribution < 1.29 is 0 Å². The van der Waals surface area contributed by atoms with E-state index in [1.165, 1.54) is 51.4 Å². The lowest BCUT2D eigenvalue weighted by Crippen LogP contribution is -2.37. The summed E-state index contributed by atoms with van der Waals surface area (Å²) in [6.07, 6.45) is 11.2. The van der Waals surface area contributed by atoms with Crippen LogP contribution in [0.3, 0.4) is 0 Å². The van der Waals surface area contributed by atoms with Crippen LogP contribution in [0.2, 0.25) is 0 Å². The van der Waals surface area contributed by atoms with Crippen LogP contribution in [0, 0.1) is 17.3 Å². The first-order valence-corrected chi connectivity index (χ1v) is 6.82. The molecule has 0 aromatic carbocycles. The SMILES string of the molecule is CC1(C)CCC(C(N)CC2CCC2)CC1. The Morgan fingerprint density at radius 1 is 1.13 bits per heavy atom. The van der Waals surface area contributed by atoms with E-state index in [-0.39, 0.29) is 0 Å². The standard InChI is InChI=1S/C14H27N/c1-14(2)8-6-12(7-9-14)13(15)10-11-4-3-5-11/h11-13H,3-10,15H2,1-2H3. The molecule has 2 N–H and O–H groups in total. The van der Waals surface area contributed by atoms with Gasteiger partial charge in [0.2, 0.25) is 0 Å². The van der Waals surface area contributed by atoms with Crippen molar-refractivity contribution in [1.82, 2.24) is 0 Å². The molecule has 1 nitrogen and oxygen atoms in total. The minimum Gasteiger partial charge on any atom is -0.327 e. The summed E-state index contributed by atoms with van der Waals surface area (Å²) in [5, 5.41) is 0. The van der Waals surface area contributed by atoms with Gasteiger partial charge in [-0.3, -0.25) is 0 Å². The molecule has 0 bridgehead atoms. The predicted octanol–water partition coefficient (Wildman–Crippen LogP) is 3.72. The Hall–Kier alpha value is -0.0400. The molecule has 2 aliphatic rings. The molecule has 1 heteroatoms. The van der Waals surface area contributed by atoms with E-state index in [9.17, 15) is 0 Å². The lowest BCUT2D eigenvalue weighted by Gasteiger charge is -2.38. The second kappa shape index (κ2) is 4.45. The van der Waals surface area contributed by atoms with Crippen LogP contribution in [-0.4, -0.2) is 6.04 Å². The van der Waals surface area contributed by atoms with E-state index in [0.29, 0.717) is 11.5 Å². The van der Waals surface area contributed by atoms with Crippen LogP contribution in [0.25, 0.3) is 0 Å². The van der Waals surface area contributed by atoms with E-state index in [4.69, 9.17) is 5.73 Å². The van der Waals surface area contributed by atoms with Crippen LogP contribution < -0.4 is 5.73 Å². The van der Waals surface area contributed by atoms with Gasteiger partial charge in [0.25, 0.3) is 0 Å². The maximum absolute atomic E-state index is 6.35. The molecule has 2 aliphatic carbocycles. The monoisotopic (exact) mass is 209 g/mol. The third-order valence-corrected chi connectivity index (χ3v) is 4.82. The zero-order chi connectivity index (χ0) is 10.9. The summed E-state index contributed by atoms with van der Waals surface area (Å²) in [5.41, 5.74) is 6.94. The van der Waals surface area contributed by atoms with Crippen LogP contribution >= 0.6 is 0 Å². The maximum Gasteiger partial charge on any atom is 0.00698 e. The molecule has 2 saturated carbocycles. The van der Waals surface area contributed by atoms with Gasteiger partial charge in [0.15, 0.2) is 0 Å². The molecule has 0 aliphatic heterocycles. The molecule has 0 spiro atoms. The summed E-state index contributed by atoms with van der Waals surface area (Å²) in [4.78, 5) is 0. The van der Waals surface area contributed by atoms with Crippen molar-refractivity contribution in [2.75, 3.05) is 0 Å². The van der Waals surface area contributed by atoms with E-state index in [2.05, 4.69) is 13.8 Å². The van der Waals surface area contributed by atoms with Crippen molar-refractivity contribution in [2.24, 2.45) is 23.0 Å². The number of rotatable bonds is 3. The van der Waals surface area contributed by atoms with Gasteiger partial charge in [0.1, 0.15) is 0 Å². The summed E-state index contributed by atoms with van der Waals surface area (Å²) >= 11 is 0. The fourth-order valence-corrected chi connectivity index (χ4v) is 3.16. The van der Waals surface area contributed by atoms with Crippen molar-refractivity contribution in [3.8, 4) is 0 Å². The summed E-state index contributed by atoms with van der Waals surface area (Å²) in [6.45, 7) is 4.81. The highest BCUT2D eigenvalue weighted by Crippen LogP contribution is 2.41. The van der Waals surface area contributed by atoms with Crippen molar-refractivity contribution >= 4 is 0 Å². The van der Waals surface area contributed by atoms with Gasteiger partial charge in [0, 0.05) is 6.04 Å². The second-order valence-corrected chi connectivity index (χ2v) is 6.70. The van der Waals surface area contributed by atoms with Gasteiger partial charge < -0.3 is 5.73 Å². The van der Waals surface area contributed by atoms with Crippen molar-refractivity contribution in [2.45, 2.75) is 71.3 Å². The van der Waals surface area contributed by atoms with Crippen LogP contribution in [-0.2, 0) is 0 Å². The fraction of sp³-hybridized carbons (Fsp3) is 1.00. The number of hydrogen-bond donors (Lipinski definition) is 1. The first-order valence-electron chi connectivity index (χ1n) is 6.82. The van der Waals surface area contributed by atoms with Crippen LogP contribution in [0.5, 0.6) is 0 Å². The minimum absolute atomic E-state index is 0.506. The number of hydrogen-bond acceptors (Lipinski definition) is 1. The molecule has 1 atom stereocenters. The number of nitrogens with two attached hydrogens (primary N) is 1. The van der Waals surface area contributed by atoms with E-state index in [1.807, 2.05) is 0 Å².